The van der Waals surface area contributed by atoms with Gasteiger partial charge in [0.2, 0.25) is 0 Å². The molecular weight excluding hydrogens is 424 g/mol. The topological polar surface area (TPSA) is 52.6 Å². The highest BCUT2D eigenvalue weighted by molar-refractivity contribution is 5.92. The van der Waals surface area contributed by atoms with E-state index in [1.54, 1.807) is 12.1 Å². The SMILES string of the molecule is O=C(Oc1ccc2c(OC(=O)[C@@H]3C[C@@H]3c3ccccc3)cccc2c1)[C@H]1C[C@@H]1c1ccccc1. The molecule has 4 nitrogen and oxygen atoms in total. The van der Waals surface area contributed by atoms with Gasteiger partial charge in [0.25, 0.3) is 0 Å². The zero-order valence-corrected chi connectivity index (χ0v) is 18.6. The Labute approximate surface area is 198 Å². The molecule has 4 aromatic carbocycles. The van der Waals surface area contributed by atoms with Gasteiger partial charge in [-0.05, 0) is 65.5 Å². The van der Waals surface area contributed by atoms with Gasteiger partial charge in [0.15, 0.2) is 0 Å². The van der Waals surface area contributed by atoms with Crippen molar-refractivity contribution in [2.75, 3.05) is 0 Å². The van der Waals surface area contributed by atoms with E-state index < -0.39 is 0 Å². The van der Waals surface area contributed by atoms with Crippen LogP contribution in [0.3, 0.4) is 0 Å². The maximum atomic E-state index is 12.8. The van der Waals surface area contributed by atoms with Crippen LogP contribution in [0.5, 0.6) is 11.5 Å². The van der Waals surface area contributed by atoms with Gasteiger partial charge in [-0.3, -0.25) is 9.59 Å². The lowest BCUT2D eigenvalue weighted by Crippen LogP contribution is -2.12. The van der Waals surface area contributed by atoms with Gasteiger partial charge >= 0.3 is 11.9 Å². The number of carbonyl (C=O) groups is 2. The third kappa shape index (κ3) is 4.08. The van der Waals surface area contributed by atoms with Crippen LogP contribution in [-0.4, -0.2) is 11.9 Å². The fraction of sp³-hybridized carbons (Fsp3) is 0.200. The molecular formula is C30H24O4. The molecule has 4 atom stereocenters. The predicted molar refractivity (Wildman–Crippen MR) is 130 cm³/mol. The van der Waals surface area contributed by atoms with Crippen LogP contribution in [0, 0.1) is 11.8 Å². The summed E-state index contributed by atoms with van der Waals surface area (Å²) in [5.74, 6) is 0.917. The summed E-state index contributed by atoms with van der Waals surface area (Å²) in [5.41, 5.74) is 2.36. The normalized spacial score (nSPS) is 22.7. The molecule has 168 valence electrons. The molecule has 6 rings (SSSR count). The Morgan fingerprint density at radius 3 is 1.82 bits per heavy atom. The molecule has 0 radical (unpaired) electrons. The third-order valence-corrected chi connectivity index (χ3v) is 6.88. The number of ether oxygens (including phenoxy) is 2. The molecule has 0 heterocycles. The molecule has 2 aliphatic rings. The van der Waals surface area contributed by atoms with E-state index in [4.69, 9.17) is 9.47 Å². The molecule has 0 bridgehead atoms. The number of benzene rings is 4. The van der Waals surface area contributed by atoms with Crippen LogP contribution in [0.25, 0.3) is 10.8 Å². The highest BCUT2D eigenvalue weighted by atomic mass is 16.5. The Balaban J connectivity index is 1.13. The quantitative estimate of drug-likeness (QED) is 0.258. The molecule has 4 heteroatoms. The molecule has 2 fully saturated rings. The lowest BCUT2D eigenvalue weighted by Gasteiger charge is -2.10. The number of hydrogen-bond acceptors (Lipinski definition) is 4. The predicted octanol–water partition coefficient (Wildman–Crippen LogP) is 6.26. The Kier molecular flexibility index (Phi) is 5.14. The number of hydrogen-bond donors (Lipinski definition) is 0. The van der Waals surface area contributed by atoms with Crippen LogP contribution in [0.4, 0.5) is 0 Å². The second kappa shape index (κ2) is 8.45. The molecule has 2 saturated carbocycles. The van der Waals surface area contributed by atoms with E-state index in [1.807, 2.05) is 60.7 Å². The minimum atomic E-state index is -0.198. The fourth-order valence-electron chi connectivity index (χ4n) is 4.81. The summed E-state index contributed by atoms with van der Waals surface area (Å²) in [7, 11) is 0. The van der Waals surface area contributed by atoms with Gasteiger partial charge in [-0.2, -0.15) is 0 Å². The van der Waals surface area contributed by atoms with Crippen LogP contribution < -0.4 is 9.47 Å². The first-order chi connectivity index (χ1) is 16.7. The van der Waals surface area contributed by atoms with Gasteiger partial charge in [0, 0.05) is 5.39 Å². The first kappa shape index (κ1) is 20.7. The second-order valence-electron chi connectivity index (χ2n) is 9.20. The molecule has 0 amide bonds. The third-order valence-electron chi connectivity index (χ3n) is 6.88. The second-order valence-corrected chi connectivity index (χ2v) is 9.20. The monoisotopic (exact) mass is 448 g/mol. The summed E-state index contributed by atoms with van der Waals surface area (Å²) in [6, 6.07) is 31.2. The molecule has 0 aliphatic heterocycles. The number of fused-ring (bicyclic) bond motifs is 1. The van der Waals surface area contributed by atoms with Crippen LogP contribution >= 0.6 is 0 Å². The van der Waals surface area contributed by atoms with Crippen molar-refractivity contribution in [3.8, 4) is 11.5 Å². The minimum absolute atomic E-state index is 0.0958. The number of rotatable bonds is 6. The van der Waals surface area contributed by atoms with E-state index in [-0.39, 0.29) is 35.6 Å². The van der Waals surface area contributed by atoms with E-state index in [9.17, 15) is 9.59 Å². The standard InChI is InChI=1S/C30H24O4/c31-29(26-17-24(26)19-8-3-1-4-9-19)33-22-14-15-23-21(16-22)12-7-13-28(23)34-30(32)27-18-25(27)20-10-5-2-6-11-20/h1-16,24-27H,17-18H2/t24-,25-,26+,27-/m1/s1. The minimum Gasteiger partial charge on any atom is -0.426 e. The molecule has 0 aromatic heterocycles. The van der Waals surface area contributed by atoms with E-state index >= 15 is 0 Å². The van der Waals surface area contributed by atoms with Crippen LogP contribution in [0.15, 0.2) is 97.1 Å². The van der Waals surface area contributed by atoms with Gasteiger partial charge in [-0.25, -0.2) is 0 Å². The van der Waals surface area contributed by atoms with Gasteiger partial charge in [-0.1, -0.05) is 72.8 Å². The summed E-state index contributed by atoms with van der Waals surface area (Å²) < 4.78 is 11.5. The molecule has 0 N–H and O–H groups in total. The summed E-state index contributed by atoms with van der Waals surface area (Å²) in [5, 5.41) is 1.68. The van der Waals surface area contributed by atoms with Gasteiger partial charge < -0.3 is 9.47 Å². The molecule has 34 heavy (non-hydrogen) atoms. The Bertz CT molecular complexity index is 1360. The molecule has 0 spiro atoms. The zero-order valence-electron chi connectivity index (χ0n) is 18.6. The molecule has 0 saturated heterocycles. The van der Waals surface area contributed by atoms with Crippen molar-refractivity contribution < 1.29 is 19.1 Å². The largest absolute Gasteiger partial charge is 0.426 e. The summed E-state index contributed by atoms with van der Waals surface area (Å²) in [4.78, 5) is 25.4. The lowest BCUT2D eigenvalue weighted by molar-refractivity contribution is -0.136. The average Bonchev–Trinajstić information content (AvgIpc) is 3.79. The smallest absolute Gasteiger partial charge is 0.314 e. The number of esters is 2. The first-order valence-electron chi connectivity index (χ1n) is 11.7. The van der Waals surface area contributed by atoms with E-state index in [0.717, 1.165) is 23.6 Å². The van der Waals surface area contributed by atoms with Crippen LogP contribution in [0.2, 0.25) is 0 Å². The van der Waals surface area contributed by atoms with Crippen molar-refractivity contribution in [1.29, 1.82) is 0 Å². The number of carbonyl (C=O) groups excluding carboxylic acids is 2. The molecule has 2 aliphatic carbocycles. The van der Waals surface area contributed by atoms with Crippen molar-refractivity contribution in [2.24, 2.45) is 11.8 Å². The van der Waals surface area contributed by atoms with Gasteiger partial charge in [0.1, 0.15) is 11.5 Å². The van der Waals surface area contributed by atoms with Crippen LogP contribution in [0.1, 0.15) is 35.8 Å². The average molecular weight is 449 g/mol. The fourth-order valence-corrected chi connectivity index (χ4v) is 4.81. The van der Waals surface area contributed by atoms with Crippen molar-refractivity contribution in [3.63, 3.8) is 0 Å². The van der Waals surface area contributed by atoms with Crippen molar-refractivity contribution >= 4 is 22.7 Å². The summed E-state index contributed by atoms with van der Waals surface area (Å²) in [6.45, 7) is 0. The first-order valence-corrected chi connectivity index (χ1v) is 11.7. The Morgan fingerprint density at radius 2 is 1.21 bits per heavy atom. The summed E-state index contributed by atoms with van der Waals surface area (Å²) in [6.07, 6.45) is 1.64. The summed E-state index contributed by atoms with van der Waals surface area (Å²) >= 11 is 0. The zero-order chi connectivity index (χ0) is 23.1. The Hall–Kier alpha value is -3.92. The van der Waals surface area contributed by atoms with E-state index in [1.165, 1.54) is 11.1 Å². The van der Waals surface area contributed by atoms with Gasteiger partial charge in [-0.15, -0.1) is 0 Å². The van der Waals surface area contributed by atoms with E-state index in [0.29, 0.717) is 11.5 Å². The highest BCUT2D eigenvalue weighted by Crippen LogP contribution is 2.49. The maximum absolute atomic E-state index is 12.8. The van der Waals surface area contributed by atoms with Crippen LogP contribution in [-0.2, 0) is 9.59 Å². The van der Waals surface area contributed by atoms with Crippen molar-refractivity contribution in [1.82, 2.24) is 0 Å². The molecule has 4 aromatic rings. The van der Waals surface area contributed by atoms with Gasteiger partial charge in [0.05, 0.1) is 11.8 Å². The van der Waals surface area contributed by atoms with Crippen molar-refractivity contribution in [3.05, 3.63) is 108 Å². The maximum Gasteiger partial charge on any atom is 0.314 e. The van der Waals surface area contributed by atoms with E-state index in [2.05, 4.69) is 24.3 Å². The highest BCUT2D eigenvalue weighted by Gasteiger charge is 2.46. The lowest BCUT2D eigenvalue weighted by atomic mass is 10.1. The molecule has 0 unspecified atom stereocenters. The van der Waals surface area contributed by atoms with Crippen molar-refractivity contribution in [2.45, 2.75) is 24.7 Å². The Morgan fingerprint density at radius 1 is 0.618 bits per heavy atom.